The number of benzene rings is 2. The molecule has 4 atom stereocenters. The zero-order valence-corrected chi connectivity index (χ0v) is 29.2. The third-order valence-electron chi connectivity index (χ3n) is 9.24. The van der Waals surface area contributed by atoms with Gasteiger partial charge in [-0.1, -0.05) is 30.9 Å². The van der Waals surface area contributed by atoms with E-state index in [1.165, 1.54) is 37.4 Å². The number of aryl methyl sites for hydroxylation is 1. The summed E-state index contributed by atoms with van der Waals surface area (Å²) in [5.74, 6) is -1.02. The molecule has 0 radical (unpaired) electrons. The van der Waals surface area contributed by atoms with Crippen LogP contribution < -0.4 is 21.0 Å². The fourth-order valence-electron chi connectivity index (χ4n) is 6.50. The highest BCUT2D eigenvalue weighted by Gasteiger charge is 2.53. The number of rotatable bonds is 9. The lowest BCUT2D eigenvalue weighted by Crippen LogP contribution is -2.65. The van der Waals surface area contributed by atoms with E-state index in [1.807, 2.05) is 19.9 Å². The zero-order chi connectivity index (χ0) is 36.3. The number of aliphatic hydroxyl groups excluding tert-OH is 1. The summed E-state index contributed by atoms with van der Waals surface area (Å²) in [6.07, 6.45) is 1.73. The van der Waals surface area contributed by atoms with Crippen LogP contribution in [0.2, 0.25) is 0 Å². The first-order valence-corrected chi connectivity index (χ1v) is 16.8. The molecular weight excluding hydrogens is 648 g/mol. The molecule has 2 fully saturated rings. The number of anilines is 1. The monoisotopic (exact) mass is 694 g/mol. The van der Waals surface area contributed by atoms with Gasteiger partial charge in [0.1, 0.15) is 23.2 Å². The number of phenols is 1. The number of ether oxygens (including phenoxy) is 4. The van der Waals surface area contributed by atoms with Gasteiger partial charge in [0, 0.05) is 24.3 Å². The van der Waals surface area contributed by atoms with Crippen molar-refractivity contribution in [2.24, 2.45) is 0 Å². The molecule has 3 aromatic rings. The predicted molar refractivity (Wildman–Crippen MR) is 185 cm³/mol. The highest BCUT2D eigenvalue weighted by atomic mass is 16.7. The van der Waals surface area contributed by atoms with E-state index in [1.54, 1.807) is 20.8 Å². The number of aliphatic hydroxyl groups is 1. The molecule has 5 N–H and O–H groups in total. The summed E-state index contributed by atoms with van der Waals surface area (Å²) >= 11 is 0. The molecule has 2 aliphatic rings. The number of amides is 2. The van der Waals surface area contributed by atoms with Crippen molar-refractivity contribution in [3.8, 4) is 17.2 Å². The minimum Gasteiger partial charge on any atom is -0.508 e. The Kier molecular flexibility index (Phi) is 11.1. The topological polar surface area (TPSA) is 186 Å². The van der Waals surface area contributed by atoms with Crippen LogP contribution >= 0.6 is 0 Å². The number of fused-ring (bicyclic) bond motifs is 1. The third kappa shape index (κ3) is 7.90. The van der Waals surface area contributed by atoms with Crippen molar-refractivity contribution in [3.05, 3.63) is 69.1 Å². The number of nitrogens with one attached hydrogen (secondary N) is 2. The van der Waals surface area contributed by atoms with E-state index in [0.717, 1.165) is 37.7 Å². The van der Waals surface area contributed by atoms with Gasteiger partial charge in [0.25, 0.3) is 5.91 Å². The predicted octanol–water partition coefficient (Wildman–Crippen LogP) is 5.59. The Hall–Kier alpha value is -4.59. The molecule has 0 unspecified atom stereocenters. The van der Waals surface area contributed by atoms with Crippen LogP contribution in [0.3, 0.4) is 0 Å². The van der Waals surface area contributed by atoms with Crippen LogP contribution in [0.25, 0.3) is 11.0 Å². The fraction of sp³-hybridized carbons (Fsp3) is 0.486. The van der Waals surface area contributed by atoms with Gasteiger partial charge in [-0.05, 0) is 89.8 Å². The Balaban J connectivity index is 1.37. The van der Waals surface area contributed by atoms with Crippen molar-refractivity contribution in [1.82, 2.24) is 5.32 Å². The first kappa shape index (κ1) is 36.7. The largest absolute Gasteiger partial charge is 0.508 e. The summed E-state index contributed by atoms with van der Waals surface area (Å²) in [5, 5.41) is 38.1. The molecule has 5 rings (SSSR count). The molecule has 13 nitrogen and oxygen atoms in total. The summed E-state index contributed by atoms with van der Waals surface area (Å²) in [7, 11) is 1.44. The molecule has 1 aliphatic carbocycles. The highest BCUT2D eigenvalue weighted by molar-refractivity contribution is 6.06. The lowest BCUT2D eigenvalue weighted by atomic mass is 9.89. The number of hydrogen-bond acceptors (Lipinski definition) is 11. The summed E-state index contributed by atoms with van der Waals surface area (Å²) in [4.78, 5) is 39.1. The van der Waals surface area contributed by atoms with Gasteiger partial charge >= 0.3 is 11.7 Å². The number of carbonyl (C=O) groups is 2. The normalized spacial score (nSPS) is 22.1. The van der Waals surface area contributed by atoms with Crippen molar-refractivity contribution in [2.75, 3.05) is 12.4 Å². The summed E-state index contributed by atoms with van der Waals surface area (Å²) in [5.41, 5.74) is -0.535. The van der Waals surface area contributed by atoms with Crippen molar-refractivity contribution in [2.45, 2.75) is 109 Å². The Labute approximate surface area is 290 Å². The molecule has 1 saturated carbocycles. The van der Waals surface area contributed by atoms with Gasteiger partial charge in [0.2, 0.25) is 6.29 Å². The second-order valence-corrected chi connectivity index (χ2v) is 13.7. The molecule has 1 saturated heterocycles. The third-order valence-corrected chi connectivity index (χ3v) is 9.24. The molecule has 270 valence electrons. The Morgan fingerprint density at radius 1 is 1.08 bits per heavy atom. The molecule has 0 bridgehead atoms. The molecular formula is C37H46N2O11. The number of allylic oxidation sites excluding steroid dienone is 2. The molecule has 1 aromatic heterocycles. The van der Waals surface area contributed by atoms with Gasteiger partial charge < -0.3 is 49.3 Å². The van der Waals surface area contributed by atoms with Crippen molar-refractivity contribution in [3.63, 3.8) is 0 Å². The molecule has 50 heavy (non-hydrogen) atoms. The van der Waals surface area contributed by atoms with Crippen LogP contribution in [0.4, 0.5) is 10.5 Å². The van der Waals surface area contributed by atoms with Crippen molar-refractivity contribution in [1.29, 1.82) is 0 Å². The number of phenolic OH excluding ortho intramolecular Hbond substituents is 1. The smallest absolute Gasteiger partial charge is 0.407 e. The average Bonchev–Trinajstić information content (AvgIpc) is 3.06. The highest BCUT2D eigenvalue weighted by Crippen LogP contribution is 2.39. The number of methoxy groups -OCH3 is 1. The minimum atomic E-state index is -1.47. The van der Waals surface area contributed by atoms with E-state index in [9.17, 15) is 29.7 Å². The molecule has 1 aliphatic heterocycles. The van der Waals surface area contributed by atoms with Crippen LogP contribution in [0.15, 0.2) is 51.2 Å². The van der Waals surface area contributed by atoms with E-state index < -0.39 is 59.3 Å². The molecule has 13 heteroatoms. The second kappa shape index (κ2) is 15.1. The maximum Gasteiger partial charge on any atom is 0.407 e. The van der Waals surface area contributed by atoms with Gasteiger partial charge in [-0.25, -0.2) is 9.59 Å². The Morgan fingerprint density at radius 3 is 2.48 bits per heavy atom. The molecule has 2 amide bonds. The summed E-state index contributed by atoms with van der Waals surface area (Å²) in [6.45, 7) is 8.87. The Morgan fingerprint density at radius 2 is 1.80 bits per heavy atom. The van der Waals surface area contributed by atoms with E-state index in [-0.39, 0.29) is 34.1 Å². The maximum atomic E-state index is 13.1. The van der Waals surface area contributed by atoms with Crippen LogP contribution in [-0.2, 0) is 20.6 Å². The van der Waals surface area contributed by atoms with Crippen LogP contribution in [0.5, 0.6) is 17.2 Å². The standard InChI is InChI=1S/C37H46N2O11/c1-19(2)12-13-21-18-22(14-16-25(21)40)33(43)39-27-28(41)24-15-17-26(20(3)30(24)48-34(27)44)47-35-29(42)31(32(46-6)37(4,5)50-35)49-36(45)38-23-10-8-7-9-11-23/h12,14-18,23,29,31-32,35,40-42H,7-11,13H2,1-6H3,(H,38,45)(H,39,43)/t29-,31+,32-,35-/m1/s1. The minimum absolute atomic E-state index is 0.00676. The summed E-state index contributed by atoms with van der Waals surface area (Å²) in [6, 6.07) is 7.23. The maximum absolute atomic E-state index is 13.1. The van der Waals surface area contributed by atoms with Gasteiger partial charge in [-0.3, -0.25) is 4.79 Å². The van der Waals surface area contributed by atoms with Crippen LogP contribution in [0.1, 0.15) is 81.3 Å². The molecule has 0 spiro atoms. The van der Waals surface area contributed by atoms with Crippen molar-refractivity contribution >= 4 is 28.7 Å². The van der Waals surface area contributed by atoms with Gasteiger partial charge in [-0.15, -0.1) is 0 Å². The van der Waals surface area contributed by atoms with Crippen LogP contribution in [0, 0.1) is 6.92 Å². The van der Waals surface area contributed by atoms with E-state index in [4.69, 9.17) is 23.4 Å². The Bertz CT molecular complexity index is 1820. The fourth-order valence-corrected chi connectivity index (χ4v) is 6.50. The lowest BCUT2D eigenvalue weighted by molar-refractivity contribution is -0.305. The SMILES string of the molecule is CO[C@@H]1[C@@H](OC(=O)NC2CCCCC2)[C@@H](O)[C@H](Oc2ccc3c(O)c(NC(=O)c4ccc(O)c(CC=C(C)C)c4)c(=O)oc3c2C)OC1(C)C. The first-order valence-electron chi connectivity index (χ1n) is 16.8. The van der Waals surface area contributed by atoms with E-state index >= 15 is 0 Å². The first-order chi connectivity index (χ1) is 23.7. The zero-order valence-electron chi connectivity index (χ0n) is 29.2. The molecule has 2 aromatic carbocycles. The van der Waals surface area contributed by atoms with Gasteiger partial charge in [0.15, 0.2) is 23.6 Å². The van der Waals surface area contributed by atoms with Gasteiger partial charge in [0.05, 0.1) is 11.0 Å². The number of carbonyl (C=O) groups excluding carboxylic acids is 2. The second-order valence-electron chi connectivity index (χ2n) is 13.7. The van der Waals surface area contributed by atoms with Crippen LogP contribution in [-0.4, -0.2) is 70.7 Å². The number of aromatic hydroxyl groups is 2. The molecule has 2 heterocycles. The van der Waals surface area contributed by atoms with E-state index in [0.29, 0.717) is 17.5 Å². The van der Waals surface area contributed by atoms with Crippen molar-refractivity contribution < 1.29 is 48.3 Å². The average molecular weight is 695 g/mol. The van der Waals surface area contributed by atoms with Gasteiger partial charge in [-0.2, -0.15) is 0 Å². The summed E-state index contributed by atoms with van der Waals surface area (Å²) < 4.78 is 29.1. The lowest BCUT2D eigenvalue weighted by Gasteiger charge is -2.47. The quantitative estimate of drug-likeness (QED) is 0.139. The number of hydrogen-bond donors (Lipinski definition) is 5. The number of alkyl carbamates (subject to hydrolysis) is 1. The van der Waals surface area contributed by atoms with E-state index in [2.05, 4.69) is 10.6 Å².